The van der Waals surface area contributed by atoms with Crippen LogP contribution < -0.4 is 9.47 Å². The highest BCUT2D eigenvalue weighted by atomic mass is 35.5. The van der Waals surface area contributed by atoms with E-state index in [0.717, 1.165) is 36.5 Å². The molecule has 0 aliphatic rings. The van der Waals surface area contributed by atoms with E-state index < -0.39 is 12.2 Å². The van der Waals surface area contributed by atoms with Crippen LogP contribution in [0.2, 0.25) is 5.02 Å². The molecule has 0 fully saturated rings. The van der Waals surface area contributed by atoms with Crippen LogP contribution in [0.4, 0.5) is 0 Å². The Morgan fingerprint density at radius 2 is 1.35 bits per heavy atom. The van der Waals surface area contributed by atoms with Gasteiger partial charge in [-0.15, -0.1) is 0 Å². The number of hydrogen-bond acceptors (Lipinski definition) is 6. The molecule has 0 heterocycles. The van der Waals surface area contributed by atoms with Crippen LogP contribution in [0, 0.1) is 0 Å². The third kappa shape index (κ3) is 8.83. The standard InChI is InChI=1S/C24H35ClO6/c1-3-5-11-28-14-18(26)16-30-23-13-22(25)24(21-10-8-7-9-20(21)23)31-17-19(27)15-29-12-6-4-2/h7-10,13,18-19,26-27H,3-6,11-12,14-17H2,1-2H3. The van der Waals surface area contributed by atoms with Crippen molar-refractivity contribution >= 4 is 22.4 Å². The lowest BCUT2D eigenvalue weighted by Crippen LogP contribution is -2.24. The van der Waals surface area contributed by atoms with E-state index in [1.54, 1.807) is 6.07 Å². The van der Waals surface area contributed by atoms with Crippen LogP contribution in [-0.2, 0) is 9.47 Å². The molecule has 0 radical (unpaired) electrons. The number of halogens is 1. The second kappa shape index (κ2) is 14.5. The molecule has 2 aromatic rings. The Morgan fingerprint density at radius 3 is 1.94 bits per heavy atom. The summed E-state index contributed by atoms with van der Waals surface area (Å²) >= 11 is 6.47. The molecule has 2 N–H and O–H groups in total. The maximum Gasteiger partial charge on any atom is 0.146 e. The van der Waals surface area contributed by atoms with Crippen LogP contribution in [0.25, 0.3) is 10.8 Å². The fourth-order valence-electron chi connectivity index (χ4n) is 2.94. The smallest absolute Gasteiger partial charge is 0.146 e. The molecule has 2 atom stereocenters. The lowest BCUT2D eigenvalue weighted by molar-refractivity contribution is 0.0111. The van der Waals surface area contributed by atoms with Crippen molar-refractivity contribution in [3.8, 4) is 11.5 Å². The molecule has 2 rings (SSSR count). The number of fused-ring (bicyclic) bond motifs is 1. The van der Waals surface area contributed by atoms with Gasteiger partial charge < -0.3 is 29.2 Å². The molecule has 2 unspecified atom stereocenters. The fourth-order valence-corrected chi connectivity index (χ4v) is 3.20. The molecule has 0 amide bonds. The first-order chi connectivity index (χ1) is 15.1. The van der Waals surface area contributed by atoms with Crippen molar-refractivity contribution in [1.82, 2.24) is 0 Å². The fraction of sp³-hybridized carbons (Fsp3) is 0.583. The largest absolute Gasteiger partial charge is 0.490 e. The minimum atomic E-state index is -0.745. The third-order valence-corrected chi connectivity index (χ3v) is 4.95. The number of ether oxygens (including phenoxy) is 4. The number of benzene rings is 2. The van der Waals surface area contributed by atoms with Crippen molar-refractivity contribution < 1.29 is 29.2 Å². The highest BCUT2D eigenvalue weighted by Gasteiger charge is 2.16. The van der Waals surface area contributed by atoms with E-state index in [4.69, 9.17) is 30.5 Å². The van der Waals surface area contributed by atoms with Crippen molar-refractivity contribution in [2.45, 2.75) is 51.7 Å². The molecule has 0 aromatic heterocycles. The lowest BCUT2D eigenvalue weighted by atomic mass is 10.1. The molecule has 174 valence electrons. The Hall–Kier alpha value is -1.57. The summed E-state index contributed by atoms with van der Waals surface area (Å²) in [6.45, 7) is 6.05. The first kappa shape index (κ1) is 25.7. The zero-order chi connectivity index (χ0) is 22.5. The summed E-state index contributed by atoms with van der Waals surface area (Å²) in [6, 6.07) is 9.25. The average Bonchev–Trinajstić information content (AvgIpc) is 2.77. The van der Waals surface area contributed by atoms with Crippen molar-refractivity contribution in [3.63, 3.8) is 0 Å². The van der Waals surface area contributed by atoms with Crippen molar-refractivity contribution in [2.75, 3.05) is 39.6 Å². The summed E-state index contributed by atoms with van der Waals surface area (Å²) in [7, 11) is 0. The van der Waals surface area contributed by atoms with Crippen LogP contribution in [0.5, 0.6) is 11.5 Å². The third-order valence-electron chi connectivity index (χ3n) is 4.67. The normalized spacial score (nSPS) is 13.3. The van der Waals surface area contributed by atoms with Gasteiger partial charge in [-0.25, -0.2) is 0 Å². The van der Waals surface area contributed by atoms with Gasteiger partial charge in [-0.1, -0.05) is 62.6 Å². The van der Waals surface area contributed by atoms with Gasteiger partial charge in [-0.3, -0.25) is 0 Å². The molecule has 0 bridgehead atoms. The Kier molecular flexibility index (Phi) is 12.0. The molecular weight excluding hydrogens is 420 g/mol. The quantitative estimate of drug-likeness (QED) is 0.361. The average molecular weight is 455 g/mol. The number of aliphatic hydroxyl groups excluding tert-OH is 2. The van der Waals surface area contributed by atoms with E-state index in [0.29, 0.717) is 29.7 Å². The first-order valence-electron chi connectivity index (χ1n) is 11.0. The van der Waals surface area contributed by atoms with Crippen LogP contribution in [0.15, 0.2) is 30.3 Å². The van der Waals surface area contributed by atoms with Gasteiger partial charge in [-0.2, -0.15) is 0 Å². The summed E-state index contributed by atoms with van der Waals surface area (Å²) in [4.78, 5) is 0. The van der Waals surface area contributed by atoms with Gasteiger partial charge in [0.1, 0.15) is 36.9 Å². The molecular formula is C24H35ClO6. The number of unbranched alkanes of at least 4 members (excludes halogenated alkanes) is 2. The van der Waals surface area contributed by atoms with Crippen molar-refractivity contribution in [1.29, 1.82) is 0 Å². The van der Waals surface area contributed by atoms with E-state index in [1.807, 2.05) is 24.3 Å². The van der Waals surface area contributed by atoms with Crippen LogP contribution in [0.1, 0.15) is 39.5 Å². The minimum absolute atomic E-state index is 0.0733. The first-order valence-corrected chi connectivity index (χ1v) is 11.4. The predicted molar refractivity (Wildman–Crippen MR) is 123 cm³/mol. The van der Waals surface area contributed by atoms with E-state index in [2.05, 4.69) is 13.8 Å². The van der Waals surface area contributed by atoms with Gasteiger partial charge in [0.25, 0.3) is 0 Å². The lowest BCUT2D eigenvalue weighted by Gasteiger charge is -2.18. The maximum atomic E-state index is 10.1. The second-order valence-electron chi connectivity index (χ2n) is 7.52. The summed E-state index contributed by atoms with van der Waals surface area (Å²) in [6.07, 6.45) is 2.55. The second-order valence-corrected chi connectivity index (χ2v) is 7.93. The number of rotatable bonds is 16. The van der Waals surface area contributed by atoms with E-state index in [9.17, 15) is 10.2 Å². The van der Waals surface area contributed by atoms with Crippen LogP contribution in [0.3, 0.4) is 0 Å². The van der Waals surface area contributed by atoms with Crippen LogP contribution >= 0.6 is 11.6 Å². The van der Waals surface area contributed by atoms with Gasteiger partial charge in [0.05, 0.1) is 18.2 Å². The zero-order valence-corrected chi connectivity index (χ0v) is 19.3. The Balaban J connectivity index is 1.99. The summed E-state index contributed by atoms with van der Waals surface area (Å²) < 4.78 is 22.6. The molecule has 0 aliphatic heterocycles. The summed E-state index contributed by atoms with van der Waals surface area (Å²) in [5.74, 6) is 1.05. The van der Waals surface area contributed by atoms with Crippen molar-refractivity contribution in [3.05, 3.63) is 35.4 Å². The molecule has 2 aromatic carbocycles. The minimum Gasteiger partial charge on any atom is -0.490 e. The monoisotopic (exact) mass is 454 g/mol. The Morgan fingerprint density at radius 1 is 0.806 bits per heavy atom. The van der Waals surface area contributed by atoms with E-state index in [-0.39, 0.29) is 26.4 Å². The van der Waals surface area contributed by atoms with Crippen molar-refractivity contribution in [2.24, 2.45) is 0 Å². The topological polar surface area (TPSA) is 77.4 Å². The molecule has 0 saturated heterocycles. The number of hydrogen-bond donors (Lipinski definition) is 2. The number of aliphatic hydroxyl groups is 2. The van der Waals surface area contributed by atoms with Crippen LogP contribution in [-0.4, -0.2) is 62.1 Å². The highest BCUT2D eigenvalue weighted by molar-refractivity contribution is 6.33. The van der Waals surface area contributed by atoms with E-state index in [1.165, 1.54) is 0 Å². The molecule has 0 saturated carbocycles. The highest BCUT2D eigenvalue weighted by Crippen LogP contribution is 2.39. The van der Waals surface area contributed by atoms with Gasteiger partial charge in [0.2, 0.25) is 0 Å². The molecule has 7 heteroatoms. The Bertz CT molecular complexity index is 769. The maximum absolute atomic E-state index is 10.1. The van der Waals surface area contributed by atoms with Gasteiger partial charge >= 0.3 is 0 Å². The van der Waals surface area contributed by atoms with Gasteiger partial charge in [-0.05, 0) is 12.8 Å². The molecule has 0 spiro atoms. The molecule has 6 nitrogen and oxygen atoms in total. The zero-order valence-electron chi connectivity index (χ0n) is 18.5. The SMILES string of the molecule is CCCCOCC(O)COc1cc(Cl)c(OCC(O)COCCCC)c2ccccc12. The molecule has 31 heavy (non-hydrogen) atoms. The summed E-state index contributed by atoms with van der Waals surface area (Å²) in [5.41, 5.74) is 0. The predicted octanol–water partition coefficient (Wildman–Crippen LogP) is 4.61. The van der Waals surface area contributed by atoms with Gasteiger partial charge in [0, 0.05) is 30.1 Å². The summed E-state index contributed by atoms with van der Waals surface area (Å²) in [5, 5.41) is 22.2. The molecule has 0 aliphatic carbocycles. The Labute approximate surface area is 190 Å². The van der Waals surface area contributed by atoms with E-state index >= 15 is 0 Å². The van der Waals surface area contributed by atoms with Gasteiger partial charge in [0.15, 0.2) is 0 Å².